The van der Waals surface area contributed by atoms with Crippen LogP contribution in [0.1, 0.15) is 98.9 Å². The molecule has 1 N–H and O–H groups in total. The summed E-state index contributed by atoms with van der Waals surface area (Å²) in [5.74, 6) is -2.80. The highest BCUT2D eigenvalue weighted by atomic mass is 32.2. The van der Waals surface area contributed by atoms with E-state index in [4.69, 9.17) is 23.7 Å². The second-order valence-corrected chi connectivity index (χ2v) is 22.6. The Morgan fingerprint density at radius 2 is 1.36 bits per heavy atom. The number of hydrogen-bond donors (Lipinski definition) is 1. The van der Waals surface area contributed by atoms with Gasteiger partial charge in [-0.25, -0.2) is 18.1 Å². The molecule has 1 saturated heterocycles. The van der Waals surface area contributed by atoms with Crippen molar-refractivity contribution < 1.29 is 51.6 Å². The molecule has 0 saturated carbocycles. The summed E-state index contributed by atoms with van der Waals surface area (Å²) in [5, 5.41) is 12.8. The summed E-state index contributed by atoms with van der Waals surface area (Å²) in [6.45, 7) is 16.1. The van der Waals surface area contributed by atoms with Crippen LogP contribution in [-0.2, 0) is 53.2 Å². The lowest BCUT2D eigenvalue weighted by molar-refractivity contribution is -0.163. The number of imide groups is 1. The summed E-state index contributed by atoms with van der Waals surface area (Å²) in [6, 6.07) is 35.9. The maximum absolute atomic E-state index is 15.6. The number of amides is 2. The van der Waals surface area contributed by atoms with E-state index in [9.17, 15) is 14.7 Å². The number of carbonyl (C=O) groups is 3. The molecule has 0 radical (unpaired) electrons. The van der Waals surface area contributed by atoms with Gasteiger partial charge in [0.1, 0.15) is 12.7 Å². The summed E-state index contributed by atoms with van der Waals surface area (Å²) in [5.41, 5.74) is 5.27. The molecule has 14 heteroatoms. The van der Waals surface area contributed by atoms with Gasteiger partial charge in [-0.2, -0.15) is 4.31 Å². The van der Waals surface area contributed by atoms with Gasteiger partial charge in [0.05, 0.1) is 42.7 Å². The van der Waals surface area contributed by atoms with Crippen molar-refractivity contribution in [3.05, 3.63) is 160 Å². The molecule has 13 nitrogen and oxygen atoms in total. The van der Waals surface area contributed by atoms with Crippen molar-refractivity contribution >= 4 is 28.0 Å². The molecule has 404 valence electrons. The van der Waals surface area contributed by atoms with Gasteiger partial charge in [-0.3, -0.25) is 9.59 Å². The van der Waals surface area contributed by atoms with Crippen molar-refractivity contribution in [1.82, 2.24) is 9.21 Å². The zero-order valence-corrected chi connectivity index (χ0v) is 46.3. The number of ether oxygens (including phenoxy) is 5. The number of hydrogen-bond acceptors (Lipinski definition) is 11. The van der Waals surface area contributed by atoms with Crippen LogP contribution in [0.15, 0.2) is 126 Å². The average Bonchev–Trinajstić information content (AvgIpc) is 3.75. The van der Waals surface area contributed by atoms with Gasteiger partial charge in [-0.1, -0.05) is 142 Å². The number of aliphatic hydroxyl groups is 1. The van der Waals surface area contributed by atoms with Crippen molar-refractivity contribution in [2.24, 2.45) is 29.6 Å². The van der Waals surface area contributed by atoms with E-state index in [0.29, 0.717) is 60.7 Å². The largest absolute Gasteiger partial charge is 0.493 e. The van der Waals surface area contributed by atoms with Crippen molar-refractivity contribution in [3.8, 4) is 11.5 Å². The summed E-state index contributed by atoms with van der Waals surface area (Å²) < 4.78 is 61.2. The number of methoxy groups -OCH3 is 2. The standard InChI is InChI=1S/C61H78N2O11S/c1-40(2)50(33-48-27-28-55(71-10)56(35-48)72-30-20-29-70-9)36-53(54(64)37-52(41(3)4)59(65)63-51(39-73-61(63)67)34-46-21-14-11-15-22-46)60(66)74-57(49-25-18-13-19-26-49)45(8)62(38-47-23-16-12-17-24-47)75(68,69)58-43(6)31-42(5)32-44(58)7/h11-19,21-28,31-32,35,40-41,45,50-54,57,64H,20,29-30,33-34,36-39H2,1-10H3/t45-,50+,51+,52+,53+,54+,57-/m1/s1. The molecule has 1 aliphatic heterocycles. The molecule has 0 aliphatic carbocycles. The van der Waals surface area contributed by atoms with Gasteiger partial charge in [0.25, 0.3) is 0 Å². The van der Waals surface area contributed by atoms with Crippen LogP contribution in [0.25, 0.3) is 0 Å². The molecule has 1 aliphatic rings. The minimum atomic E-state index is -4.27. The molecule has 5 aromatic carbocycles. The number of carbonyl (C=O) groups excluding carboxylic acids is 3. The van der Waals surface area contributed by atoms with Crippen LogP contribution in [-0.4, -0.2) is 92.9 Å². The molecular formula is C61H78N2O11S. The molecule has 2 amide bonds. The van der Waals surface area contributed by atoms with E-state index in [1.54, 1.807) is 47.1 Å². The third-order valence-electron chi connectivity index (χ3n) is 14.5. The average molecular weight is 1050 g/mol. The van der Waals surface area contributed by atoms with Crippen LogP contribution < -0.4 is 9.47 Å². The summed E-state index contributed by atoms with van der Waals surface area (Å²) in [6.07, 6.45) is -1.82. The molecular weight excluding hydrogens is 969 g/mol. The molecule has 5 aromatic rings. The zero-order valence-electron chi connectivity index (χ0n) is 45.4. The number of cyclic esters (lactones) is 1. The Morgan fingerprint density at radius 1 is 0.747 bits per heavy atom. The van der Waals surface area contributed by atoms with E-state index in [-0.39, 0.29) is 48.6 Å². The summed E-state index contributed by atoms with van der Waals surface area (Å²) >= 11 is 0. The highest BCUT2D eigenvalue weighted by Crippen LogP contribution is 2.38. The SMILES string of the molecule is COCCCOc1cc(C[C@@H](C[C@H](C(=O)O[C@@H](c2ccccc2)[C@@H](C)N(Cc2ccccc2)S(=O)(=O)c2c(C)cc(C)cc2C)[C@@H](O)C[C@H](C(=O)N2C(=O)OC[C@@H]2Cc2ccccc2)C(C)C)C(C)C)ccc1OC. The first-order valence-corrected chi connectivity index (χ1v) is 27.7. The maximum atomic E-state index is 15.6. The Balaban J connectivity index is 1.41. The molecule has 0 unspecified atom stereocenters. The van der Waals surface area contributed by atoms with Crippen molar-refractivity contribution in [3.63, 3.8) is 0 Å². The molecule has 1 fully saturated rings. The Labute approximate surface area is 445 Å². The second-order valence-electron chi connectivity index (χ2n) is 20.8. The fraction of sp³-hybridized carbons (Fsp3) is 0.459. The number of benzene rings is 5. The normalized spacial score (nSPS) is 16.3. The summed E-state index contributed by atoms with van der Waals surface area (Å²) in [4.78, 5) is 45.1. The fourth-order valence-corrected chi connectivity index (χ4v) is 12.4. The molecule has 0 aromatic heterocycles. The molecule has 6 rings (SSSR count). The zero-order chi connectivity index (χ0) is 54.4. The number of aliphatic hydroxyl groups excluding tert-OH is 1. The Bertz CT molecular complexity index is 2730. The number of nitrogens with zero attached hydrogens (tertiary/aromatic N) is 2. The molecule has 1 heterocycles. The van der Waals surface area contributed by atoms with E-state index < -0.39 is 64.1 Å². The van der Waals surface area contributed by atoms with Gasteiger partial charge < -0.3 is 28.8 Å². The van der Waals surface area contributed by atoms with E-state index in [1.165, 1.54) is 9.21 Å². The van der Waals surface area contributed by atoms with Crippen molar-refractivity contribution in [1.29, 1.82) is 0 Å². The quantitative estimate of drug-likeness (QED) is 0.0394. The van der Waals surface area contributed by atoms with Crippen LogP contribution in [0.3, 0.4) is 0 Å². The van der Waals surface area contributed by atoms with Gasteiger partial charge in [0, 0.05) is 32.6 Å². The van der Waals surface area contributed by atoms with E-state index in [0.717, 1.165) is 22.3 Å². The third-order valence-corrected chi connectivity index (χ3v) is 16.7. The van der Waals surface area contributed by atoms with Gasteiger partial charge in [0.15, 0.2) is 11.5 Å². The number of rotatable bonds is 27. The Kier molecular flexibility index (Phi) is 21.1. The Morgan fingerprint density at radius 3 is 1.95 bits per heavy atom. The second kappa shape index (κ2) is 27.1. The maximum Gasteiger partial charge on any atom is 0.416 e. The van der Waals surface area contributed by atoms with Gasteiger partial charge in [-0.05, 0) is 117 Å². The van der Waals surface area contributed by atoms with Gasteiger partial charge >= 0.3 is 12.1 Å². The molecule has 7 atom stereocenters. The van der Waals surface area contributed by atoms with Crippen LogP contribution in [0.5, 0.6) is 11.5 Å². The number of esters is 1. The third kappa shape index (κ3) is 15.1. The topological polar surface area (TPSA) is 158 Å². The van der Waals surface area contributed by atoms with Crippen molar-refractivity contribution in [2.75, 3.05) is 34.0 Å². The van der Waals surface area contributed by atoms with E-state index in [2.05, 4.69) is 13.8 Å². The van der Waals surface area contributed by atoms with Crippen LogP contribution in [0.4, 0.5) is 4.79 Å². The van der Waals surface area contributed by atoms with E-state index >= 15 is 13.2 Å². The first-order chi connectivity index (χ1) is 35.8. The minimum Gasteiger partial charge on any atom is -0.493 e. The number of aryl methyl sites for hydroxylation is 3. The van der Waals surface area contributed by atoms with Crippen LogP contribution in [0, 0.1) is 50.4 Å². The Hall–Kier alpha value is -6.06. The van der Waals surface area contributed by atoms with Crippen LogP contribution >= 0.6 is 0 Å². The smallest absolute Gasteiger partial charge is 0.416 e. The molecule has 75 heavy (non-hydrogen) atoms. The predicted octanol–water partition coefficient (Wildman–Crippen LogP) is 11.0. The molecule has 0 spiro atoms. The van der Waals surface area contributed by atoms with E-state index in [1.807, 2.05) is 130 Å². The van der Waals surface area contributed by atoms with Gasteiger partial charge in [-0.15, -0.1) is 0 Å². The highest BCUT2D eigenvalue weighted by Gasteiger charge is 2.45. The van der Waals surface area contributed by atoms with Gasteiger partial charge in [0.2, 0.25) is 15.9 Å². The highest BCUT2D eigenvalue weighted by molar-refractivity contribution is 7.89. The lowest BCUT2D eigenvalue weighted by atomic mass is 9.77. The fourth-order valence-electron chi connectivity index (χ4n) is 10.4. The summed E-state index contributed by atoms with van der Waals surface area (Å²) in [7, 11) is -1.04. The lowest BCUT2D eigenvalue weighted by Gasteiger charge is -2.37. The predicted molar refractivity (Wildman–Crippen MR) is 291 cm³/mol. The first kappa shape index (κ1) is 58.2. The van der Waals surface area contributed by atoms with Crippen LogP contribution in [0.2, 0.25) is 0 Å². The monoisotopic (exact) mass is 1050 g/mol. The first-order valence-electron chi connectivity index (χ1n) is 26.2. The van der Waals surface area contributed by atoms with Crippen molar-refractivity contribution in [2.45, 2.75) is 123 Å². The lowest BCUT2D eigenvalue weighted by Crippen LogP contribution is -2.47. The number of sulfonamides is 1. The minimum absolute atomic E-state index is 0.0161. The molecule has 0 bridgehead atoms.